The van der Waals surface area contributed by atoms with Crippen LogP contribution in [0, 0.1) is 11.6 Å². The molecule has 2 aromatic carbocycles. The lowest BCUT2D eigenvalue weighted by molar-refractivity contribution is 0.112. The lowest BCUT2D eigenvalue weighted by Crippen LogP contribution is -1.89. The molecule has 4 heteroatoms. The highest BCUT2D eigenvalue weighted by molar-refractivity contribution is 5.74. The number of hydrogen-bond donors (Lipinski definition) is 0. The molecular weight excluding hydrogens is 226 g/mol. The van der Waals surface area contributed by atoms with Crippen molar-refractivity contribution >= 4 is 6.29 Å². The lowest BCUT2D eigenvalue weighted by Gasteiger charge is -2.06. The summed E-state index contributed by atoms with van der Waals surface area (Å²) < 4.78 is 31.1. The van der Waals surface area contributed by atoms with E-state index in [4.69, 9.17) is 4.74 Å². The fourth-order valence-electron chi connectivity index (χ4n) is 1.30. The van der Waals surface area contributed by atoms with Crippen molar-refractivity contribution < 1.29 is 18.3 Å². The first-order valence-corrected chi connectivity index (χ1v) is 4.87. The first-order valence-electron chi connectivity index (χ1n) is 4.87. The summed E-state index contributed by atoms with van der Waals surface area (Å²) >= 11 is 0. The third-order valence-corrected chi connectivity index (χ3v) is 2.14. The number of aldehydes is 1. The van der Waals surface area contributed by atoms with Crippen LogP contribution >= 0.6 is 0 Å². The van der Waals surface area contributed by atoms with E-state index in [2.05, 4.69) is 0 Å². The largest absolute Gasteiger partial charge is 0.454 e. The fourth-order valence-corrected chi connectivity index (χ4v) is 1.30. The van der Waals surface area contributed by atoms with Gasteiger partial charge in [0, 0.05) is 11.6 Å². The molecule has 0 saturated heterocycles. The summed E-state index contributed by atoms with van der Waals surface area (Å²) in [5, 5.41) is 0. The number of rotatable bonds is 3. The first-order chi connectivity index (χ1) is 8.19. The van der Waals surface area contributed by atoms with Crippen LogP contribution in [-0.2, 0) is 0 Å². The number of carbonyl (C=O) groups excluding carboxylic acids is 1. The Morgan fingerprint density at radius 3 is 2.29 bits per heavy atom. The highest BCUT2D eigenvalue weighted by Crippen LogP contribution is 2.24. The van der Waals surface area contributed by atoms with E-state index >= 15 is 0 Å². The van der Waals surface area contributed by atoms with Gasteiger partial charge in [0.15, 0.2) is 11.6 Å². The lowest BCUT2D eigenvalue weighted by atomic mass is 10.2. The summed E-state index contributed by atoms with van der Waals surface area (Å²) in [6.45, 7) is 0. The molecule has 2 aromatic rings. The van der Waals surface area contributed by atoms with Gasteiger partial charge in [-0.25, -0.2) is 8.78 Å². The Labute approximate surface area is 96.5 Å². The van der Waals surface area contributed by atoms with Crippen LogP contribution in [0.3, 0.4) is 0 Å². The van der Waals surface area contributed by atoms with Crippen LogP contribution in [-0.4, -0.2) is 6.29 Å². The smallest absolute Gasteiger partial charge is 0.168 e. The van der Waals surface area contributed by atoms with Gasteiger partial charge in [-0.1, -0.05) is 0 Å². The summed E-state index contributed by atoms with van der Waals surface area (Å²) in [4.78, 5) is 10.4. The molecule has 0 amide bonds. The summed E-state index contributed by atoms with van der Waals surface area (Å²) in [5.41, 5.74) is 0.497. The van der Waals surface area contributed by atoms with Crippen molar-refractivity contribution in [1.82, 2.24) is 0 Å². The standard InChI is InChI=1S/C13H8F2O2/c14-10-3-6-13(12(15)7-10)17-11-4-1-9(8-16)2-5-11/h1-8H. The Morgan fingerprint density at radius 1 is 1.00 bits per heavy atom. The number of halogens is 2. The van der Waals surface area contributed by atoms with Crippen LogP contribution in [0.15, 0.2) is 42.5 Å². The molecule has 0 fully saturated rings. The van der Waals surface area contributed by atoms with Crippen LogP contribution in [0.4, 0.5) is 8.78 Å². The molecule has 0 aromatic heterocycles. The second-order valence-corrected chi connectivity index (χ2v) is 3.36. The van der Waals surface area contributed by atoms with E-state index in [0.29, 0.717) is 17.6 Å². The zero-order valence-corrected chi connectivity index (χ0v) is 8.69. The summed E-state index contributed by atoms with van der Waals surface area (Å²) in [6, 6.07) is 9.22. The minimum absolute atomic E-state index is 0.0646. The minimum atomic E-state index is -0.774. The van der Waals surface area contributed by atoms with Gasteiger partial charge in [0.05, 0.1) is 0 Å². The molecule has 0 saturated carbocycles. The van der Waals surface area contributed by atoms with Crippen molar-refractivity contribution in [2.24, 2.45) is 0 Å². The van der Waals surface area contributed by atoms with Crippen LogP contribution in [0.2, 0.25) is 0 Å². The van der Waals surface area contributed by atoms with E-state index in [1.165, 1.54) is 18.2 Å². The predicted octanol–water partition coefficient (Wildman–Crippen LogP) is 3.57. The normalized spacial score (nSPS) is 10.0. The Bertz CT molecular complexity index is 536. The van der Waals surface area contributed by atoms with Gasteiger partial charge in [-0.2, -0.15) is 0 Å². The SMILES string of the molecule is O=Cc1ccc(Oc2ccc(F)cc2F)cc1. The third kappa shape index (κ3) is 2.66. The van der Waals surface area contributed by atoms with Crippen molar-refractivity contribution in [2.75, 3.05) is 0 Å². The molecule has 0 N–H and O–H groups in total. The molecular formula is C13H8F2O2. The zero-order chi connectivity index (χ0) is 12.3. The van der Waals surface area contributed by atoms with Gasteiger partial charge in [0.1, 0.15) is 17.9 Å². The Kier molecular flexibility index (Phi) is 3.14. The van der Waals surface area contributed by atoms with E-state index < -0.39 is 11.6 Å². The quantitative estimate of drug-likeness (QED) is 0.759. The molecule has 0 spiro atoms. The topological polar surface area (TPSA) is 26.3 Å². The fraction of sp³-hybridized carbons (Fsp3) is 0. The van der Waals surface area contributed by atoms with Gasteiger partial charge >= 0.3 is 0 Å². The van der Waals surface area contributed by atoms with E-state index in [9.17, 15) is 13.6 Å². The predicted molar refractivity (Wildman–Crippen MR) is 58.3 cm³/mol. The molecule has 0 aliphatic carbocycles. The van der Waals surface area contributed by atoms with Gasteiger partial charge in [-0.3, -0.25) is 4.79 Å². The van der Waals surface area contributed by atoms with Gasteiger partial charge in [-0.15, -0.1) is 0 Å². The molecule has 0 bridgehead atoms. The van der Waals surface area contributed by atoms with Crippen molar-refractivity contribution in [3.63, 3.8) is 0 Å². The van der Waals surface area contributed by atoms with Crippen molar-refractivity contribution in [3.8, 4) is 11.5 Å². The molecule has 0 aliphatic heterocycles. The summed E-state index contributed by atoms with van der Waals surface area (Å²) in [5.74, 6) is -1.12. The first kappa shape index (κ1) is 11.3. The average Bonchev–Trinajstić information content (AvgIpc) is 2.34. The summed E-state index contributed by atoms with van der Waals surface area (Å²) in [7, 11) is 0. The zero-order valence-electron chi connectivity index (χ0n) is 8.69. The van der Waals surface area contributed by atoms with Crippen LogP contribution < -0.4 is 4.74 Å². The van der Waals surface area contributed by atoms with Crippen molar-refractivity contribution in [1.29, 1.82) is 0 Å². The van der Waals surface area contributed by atoms with Crippen molar-refractivity contribution in [3.05, 3.63) is 59.7 Å². The molecule has 0 atom stereocenters. The van der Waals surface area contributed by atoms with Gasteiger partial charge in [-0.05, 0) is 36.4 Å². The van der Waals surface area contributed by atoms with E-state index in [-0.39, 0.29) is 5.75 Å². The maximum Gasteiger partial charge on any atom is 0.168 e. The van der Waals surface area contributed by atoms with E-state index in [1.807, 2.05) is 0 Å². The second kappa shape index (κ2) is 4.74. The maximum atomic E-state index is 13.3. The van der Waals surface area contributed by atoms with Crippen LogP contribution in [0.25, 0.3) is 0 Å². The monoisotopic (exact) mass is 234 g/mol. The molecule has 0 aliphatic rings. The van der Waals surface area contributed by atoms with E-state index in [0.717, 1.165) is 12.1 Å². The van der Waals surface area contributed by atoms with Gasteiger partial charge in [0.25, 0.3) is 0 Å². The molecule has 2 nitrogen and oxygen atoms in total. The Morgan fingerprint density at radius 2 is 1.71 bits per heavy atom. The van der Waals surface area contributed by atoms with Crippen LogP contribution in [0.5, 0.6) is 11.5 Å². The molecule has 0 heterocycles. The molecule has 0 radical (unpaired) electrons. The number of ether oxygens (including phenoxy) is 1. The Hall–Kier alpha value is -2.23. The Balaban J connectivity index is 2.22. The molecule has 86 valence electrons. The third-order valence-electron chi connectivity index (χ3n) is 2.14. The average molecular weight is 234 g/mol. The molecule has 17 heavy (non-hydrogen) atoms. The molecule has 0 unspecified atom stereocenters. The minimum Gasteiger partial charge on any atom is -0.454 e. The van der Waals surface area contributed by atoms with Gasteiger partial charge < -0.3 is 4.74 Å². The highest BCUT2D eigenvalue weighted by atomic mass is 19.1. The van der Waals surface area contributed by atoms with Gasteiger partial charge in [0.2, 0.25) is 0 Å². The van der Waals surface area contributed by atoms with E-state index in [1.54, 1.807) is 12.1 Å². The number of benzene rings is 2. The number of carbonyl (C=O) groups is 1. The second-order valence-electron chi connectivity index (χ2n) is 3.36. The van der Waals surface area contributed by atoms with Crippen LogP contribution in [0.1, 0.15) is 10.4 Å². The maximum absolute atomic E-state index is 13.3. The highest BCUT2D eigenvalue weighted by Gasteiger charge is 2.05. The number of hydrogen-bond acceptors (Lipinski definition) is 2. The molecule has 2 rings (SSSR count). The van der Waals surface area contributed by atoms with Crippen molar-refractivity contribution in [2.45, 2.75) is 0 Å². The summed E-state index contributed by atoms with van der Waals surface area (Å²) in [6.07, 6.45) is 0.697.